The Morgan fingerprint density at radius 1 is 1.64 bits per heavy atom. The van der Waals surface area contributed by atoms with Crippen molar-refractivity contribution in [3.8, 4) is 0 Å². The van der Waals surface area contributed by atoms with Gasteiger partial charge in [-0.3, -0.25) is 4.79 Å². The molecular weight excluding hydrogens is 162 g/mol. The molecule has 1 aromatic heterocycles. The first kappa shape index (κ1) is 6.48. The Kier molecular flexibility index (Phi) is 1.25. The number of nitrogens with one attached hydrogen (secondary N) is 2. The quantitative estimate of drug-likeness (QED) is 0.599. The minimum Gasteiger partial charge on any atom is -0.348 e. The van der Waals surface area contributed by atoms with Gasteiger partial charge in [0.25, 0.3) is 5.56 Å². The van der Waals surface area contributed by atoms with Crippen molar-refractivity contribution in [2.75, 3.05) is 5.32 Å². The van der Waals surface area contributed by atoms with Crippen LogP contribution in [0.4, 0.5) is 5.69 Å². The van der Waals surface area contributed by atoms with Crippen molar-refractivity contribution < 1.29 is 0 Å². The zero-order chi connectivity index (χ0) is 7.84. The van der Waals surface area contributed by atoms with Crippen LogP contribution < -0.4 is 10.9 Å². The first-order valence-corrected chi connectivity index (χ1v) is 3.80. The topological polar surface area (TPSA) is 57.8 Å². The van der Waals surface area contributed by atoms with Gasteiger partial charge in [-0.1, -0.05) is 18.3 Å². The molecule has 1 aliphatic heterocycles. The zero-order valence-electron chi connectivity index (χ0n) is 5.55. The molecule has 0 spiro atoms. The predicted octanol–water partition coefficient (Wildman–Crippen LogP) is 0.759. The van der Waals surface area contributed by atoms with Crippen LogP contribution in [-0.2, 0) is 0 Å². The smallest absolute Gasteiger partial charge is 0.280 e. The fraction of sp³-hybridized carbons (Fsp3) is 0. The third-order valence-electron chi connectivity index (χ3n) is 1.31. The van der Waals surface area contributed by atoms with Crippen molar-refractivity contribution in [2.45, 2.75) is 4.90 Å². The molecule has 1 aromatic rings. The van der Waals surface area contributed by atoms with Crippen molar-refractivity contribution >= 4 is 17.4 Å². The van der Waals surface area contributed by atoms with Crippen LogP contribution in [0.2, 0.25) is 0 Å². The summed E-state index contributed by atoms with van der Waals surface area (Å²) < 4.78 is 0. The number of thioether (sulfide) groups is 1. The van der Waals surface area contributed by atoms with Crippen LogP contribution in [0.3, 0.4) is 0 Å². The van der Waals surface area contributed by atoms with Gasteiger partial charge in [-0.05, 0) is 0 Å². The lowest BCUT2D eigenvalue weighted by Crippen LogP contribution is -2.08. The summed E-state index contributed by atoms with van der Waals surface area (Å²) in [5, 5.41) is 9.67. The highest BCUT2D eigenvalue weighted by atomic mass is 32.2. The van der Waals surface area contributed by atoms with E-state index in [1.165, 1.54) is 11.8 Å². The second-order valence-electron chi connectivity index (χ2n) is 2.09. The van der Waals surface area contributed by atoms with Crippen molar-refractivity contribution in [1.82, 2.24) is 10.2 Å². The van der Waals surface area contributed by atoms with E-state index in [4.69, 9.17) is 0 Å². The van der Waals surface area contributed by atoms with Crippen LogP contribution in [0.1, 0.15) is 0 Å². The van der Waals surface area contributed by atoms with Crippen LogP contribution in [0.5, 0.6) is 0 Å². The van der Waals surface area contributed by atoms with Crippen LogP contribution >= 0.6 is 11.8 Å². The molecule has 0 saturated carbocycles. The Hall–Kier alpha value is -1.23. The van der Waals surface area contributed by atoms with Gasteiger partial charge >= 0.3 is 0 Å². The monoisotopic (exact) mass is 167 g/mol. The standard InChI is InChI=1S/C6H5N3OS/c1-3-8-4-2-7-9-6(10)5(4)11-3/h2,8H,1H2,(H,9,10). The van der Waals surface area contributed by atoms with E-state index in [-0.39, 0.29) is 5.56 Å². The fourth-order valence-corrected chi connectivity index (χ4v) is 1.64. The van der Waals surface area contributed by atoms with Gasteiger partial charge in [0.05, 0.1) is 16.9 Å². The van der Waals surface area contributed by atoms with Gasteiger partial charge in [-0.2, -0.15) is 5.10 Å². The maximum absolute atomic E-state index is 11.0. The summed E-state index contributed by atoms with van der Waals surface area (Å²) in [6, 6.07) is 0. The molecule has 56 valence electrons. The predicted molar refractivity (Wildman–Crippen MR) is 43.5 cm³/mol. The molecule has 5 heteroatoms. The van der Waals surface area contributed by atoms with Gasteiger partial charge in [0.15, 0.2) is 0 Å². The molecule has 1 aliphatic rings. The SMILES string of the molecule is C=C1Nc2cn[nH]c(=O)c2S1. The molecule has 0 amide bonds. The molecule has 0 aromatic carbocycles. The number of aromatic amines is 1. The molecule has 0 atom stereocenters. The summed E-state index contributed by atoms with van der Waals surface area (Å²) in [6.45, 7) is 3.68. The number of anilines is 1. The van der Waals surface area contributed by atoms with Gasteiger partial charge in [-0.25, -0.2) is 5.10 Å². The van der Waals surface area contributed by atoms with Crippen molar-refractivity contribution in [2.24, 2.45) is 0 Å². The molecule has 2 rings (SSSR count). The van der Waals surface area contributed by atoms with E-state index >= 15 is 0 Å². The van der Waals surface area contributed by atoms with Gasteiger partial charge in [-0.15, -0.1) is 0 Å². The van der Waals surface area contributed by atoms with Crippen molar-refractivity contribution in [1.29, 1.82) is 0 Å². The van der Waals surface area contributed by atoms with Gasteiger partial charge in [0.2, 0.25) is 0 Å². The van der Waals surface area contributed by atoms with Crippen molar-refractivity contribution in [3.63, 3.8) is 0 Å². The molecule has 0 bridgehead atoms. The second-order valence-corrected chi connectivity index (χ2v) is 3.20. The van der Waals surface area contributed by atoms with Gasteiger partial charge in [0, 0.05) is 0 Å². The number of hydrogen-bond acceptors (Lipinski definition) is 4. The van der Waals surface area contributed by atoms with E-state index in [0.29, 0.717) is 4.90 Å². The van der Waals surface area contributed by atoms with E-state index in [1.807, 2.05) is 0 Å². The van der Waals surface area contributed by atoms with Crippen molar-refractivity contribution in [3.05, 3.63) is 28.2 Å². The summed E-state index contributed by atoms with van der Waals surface area (Å²) in [7, 11) is 0. The second kappa shape index (κ2) is 2.13. The molecule has 0 radical (unpaired) electrons. The Labute approximate surface area is 66.7 Å². The lowest BCUT2D eigenvalue weighted by atomic mass is 10.5. The molecule has 0 unspecified atom stereocenters. The van der Waals surface area contributed by atoms with Crippen LogP contribution in [0.15, 0.2) is 27.5 Å². The normalized spacial score (nSPS) is 14.4. The molecule has 2 heterocycles. The summed E-state index contributed by atoms with van der Waals surface area (Å²) in [5.41, 5.74) is 0.572. The Morgan fingerprint density at radius 3 is 3.18 bits per heavy atom. The summed E-state index contributed by atoms with van der Waals surface area (Å²) in [4.78, 5) is 11.7. The van der Waals surface area contributed by atoms with Gasteiger partial charge in [0.1, 0.15) is 4.90 Å². The van der Waals surface area contributed by atoms with E-state index in [0.717, 1.165) is 10.7 Å². The van der Waals surface area contributed by atoms with E-state index < -0.39 is 0 Å². The third-order valence-corrected chi connectivity index (χ3v) is 2.27. The summed E-state index contributed by atoms with van der Waals surface area (Å²) >= 11 is 1.33. The number of fused-ring (bicyclic) bond motifs is 1. The molecule has 0 fully saturated rings. The van der Waals surface area contributed by atoms with Crippen LogP contribution in [0, 0.1) is 0 Å². The van der Waals surface area contributed by atoms with Crippen LogP contribution in [-0.4, -0.2) is 10.2 Å². The lowest BCUT2D eigenvalue weighted by molar-refractivity contribution is 0.954. The molecule has 0 aliphatic carbocycles. The van der Waals surface area contributed by atoms with E-state index in [1.54, 1.807) is 6.20 Å². The Bertz CT molecular complexity index is 370. The summed E-state index contributed by atoms with van der Waals surface area (Å²) in [5.74, 6) is 0. The van der Waals surface area contributed by atoms with Gasteiger partial charge < -0.3 is 5.32 Å². The minimum absolute atomic E-state index is 0.168. The highest BCUT2D eigenvalue weighted by Gasteiger charge is 2.17. The maximum Gasteiger partial charge on any atom is 0.280 e. The van der Waals surface area contributed by atoms with E-state index in [9.17, 15) is 4.79 Å². The summed E-state index contributed by atoms with van der Waals surface area (Å²) in [6.07, 6.45) is 1.57. The largest absolute Gasteiger partial charge is 0.348 e. The maximum atomic E-state index is 11.0. The first-order chi connectivity index (χ1) is 5.27. The molecule has 4 nitrogen and oxygen atoms in total. The fourth-order valence-electron chi connectivity index (χ4n) is 0.876. The van der Waals surface area contributed by atoms with E-state index in [2.05, 4.69) is 22.1 Å². The number of rotatable bonds is 0. The molecule has 2 N–H and O–H groups in total. The zero-order valence-corrected chi connectivity index (χ0v) is 6.36. The highest BCUT2D eigenvalue weighted by Crippen LogP contribution is 2.35. The average molecular weight is 167 g/mol. The Balaban J connectivity index is 2.66. The molecule has 11 heavy (non-hydrogen) atoms. The number of hydrogen-bond donors (Lipinski definition) is 2. The van der Waals surface area contributed by atoms with Crippen LogP contribution in [0.25, 0.3) is 0 Å². The highest BCUT2D eigenvalue weighted by molar-refractivity contribution is 8.03. The molecular formula is C6H5N3OS. The average Bonchev–Trinajstić information content (AvgIpc) is 2.31. The number of nitrogens with zero attached hydrogens (tertiary/aromatic N) is 1. The Morgan fingerprint density at radius 2 is 2.45 bits per heavy atom. The number of H-pyrrole nitrogens is 1. The number of aromatic nitrogens is 2. The third kappa shape index (κ3) is 0.932. The lowest BCUT2D eigenvalue weighted by Gasteiger charge is -1.92. The molecule has 0 saturated heterocycles. The minimum atomic E-state index is -0.168. The first-order valence-electron chi connectivity index (χ1n) is 2.99.